The number of methoxy groups -OCH3 is 1. The lowest BCUT2D eigenvalue weighted by Crippen LogP contribution is -2.03. The predicted molar refractivity (Wildman–Crippen MR) is 111 cm³/mol. The van der Waals surface area contributed by atoms with Crippen LogP contribution >= 0.6 is 23.4 Å². The normalized spacial score (nSPS) is 11.5. The third-order valence-electron chi connectivity index (χ3n) is 3.97. The maximum atomic E-state index is 11.8. The van der Waals surface area contributed by atoms with Gasteiger partial charge in [0.15, 0.2) is 11.0 Å². The van der Waals surface area contributed by atoms with Gasteiger partial charge in [-0.2, -0.15) is 0 Å². The van der Waals surface area contributed by atoms with Crippen LogP contribution in [0.5, 0.6) is 5.75 Å². The molecule has 0 aliphatic rings. The molecule has 28 heavy (non-hydrogen) atoms. The summed E-state index contributed by atoms with van der Waals surface area (Å²) in [5.41, 5.74) is 1.53. The third kappa shape index (κ3) is 4.37. The lowest BCUT2D eigenvalue weighted by atomic mass is 10.2. The summed E-state index contributed by atoms with van der Waals surface area (Å²) in [7, 11) is 1.55. The lowest BCUT2D eigenvalue weighted by Gasteiger charge is -2.09. The number of benzene rings is 2. The highest BCUT2D eigenvalue weighted by atomic mass is 35.5. The predicted octanol–water partition coefficient (Wildman–Crippen LogP) is 4.84. The number of hydrogen-bond acceptors (Lipinski definition) is 5. The molecule has 0 spiro atoms. The first-order valence-electron chi connectivity index (χ1n) is 8.48. The number of carboxylic acids is 1. The first-order valence-corrected chi connectivity index (χ1v) is 9.68. The van der Waals surface area contributed by atoms with Crippen molar-refractivity contribution < 1.29 is 14.6 Å². The van der Waals surface area contributed by atoms with E-state index in [1.165, 1.54) is 0 Å². The topological polar surface area (TPSA) is 77.2 Å². The molecule has 1 N–H and O–H groups in total. The smallest absolute Gasteiger partial charge is 0.342 e. The third-order valence-corrected chi connectivity index (χ3v) is 5.22. The molecule has 0 fully saturated rings. The molecule has 0 amide bonds. The van der Waals surface area contributed by atoms with Crippen LogP contribution in [0.15, 0.2) is 58.6 Å². The summed E-state index contributed by atoms with van der Waals surface area (Å²) in [5.74, 6) is 0.207. The summed E-state index contributed by atoms with van der Waals surface area (Å²) in [5, 5.41) is 19.2. The number of carbonyl (C=O) groups is 1. The van der Waals surface area contributed by atoms with Gasteiger partial charge in [-0.15, -0.1) is 10.2 Å². The zero-order valence-electron chi connectivity index (χ0n) is 15.3. The number of halogens is 1. The average molecular weight is 416 g/mol. The number of nitrogens with zero attached hydrogens (tertiary/aromatic N) is 3. The van der Waals surface area contributed by atoms with Crippen LogP contribution in [-0.2, 0) is 11.3 Å². The highest BCUT2D eigenvalue weighted by Gasteiger charge is 2.18. The molecular weight excluding hydrogens is 398 g/mol. The number of aliphatic carboxylic acids is 1. The molecule has 0 saturated heterocycles. The average Bonchev–Trinajstić information content (AvgIpc) is 3.11. The van der Waals surface area contributed by atoms with Crippen LogP contribution in [0.1, 0.15) is 12.5 Å². The van der Waals surface area contributed by atoms with E-state index in [2.05, 4.69) is 10.2 Å². The van der Waals surface area contributed by atoms with Crippen LogP contribution in [0.25, 0.3) is 17.5 Å². The summed E-state index contributed by atoms with van der Waals surface area (Å²) < 4.78 is 7.17. The largest absolute Gasteiger partial charge is 0.496 e. The van der Waals surface area contributed by atoms with Crippen molar-refractivity contribution in [2.45, 2.75) is 18.6 Å². The Labute approximate surface area is 171 Å². The fourth-order valence-electron chi connectivity index (χ4n) is 2.62. The molecule has 0 atom stereocenters. The molecule has 8 heteroatoms. The molecule has 3 aromatic rings. The van der Waals surface area contributed by atoms with Crippen molar-refractivity contribution in [3.8, 4) is 17.1 Å². The molecular formula is C20H18ClN3O3S. The van der Waals surface area contributed by atoms with Crippen LogP contribution < -0.4 is 4.74 Å². The zero-order chi connectivity index (χ0) is 20.1. The summed E-state index contributed by atoms with van der Waals surface area (Å²) in [6, 6.07) is 14.5. The summed E-state index contributed by atoms with van der Waals surface area (Å²) in [4.78, 5) is 11.9. The van der Waals surface area contributed by atoms with Gasteiger partial charge in [0.1, 0.15) is 10.7 Å². The van der Waals surface area contributed by atoms with E-state index < -0.39 is 5.97 Å². The molecule has 0 unspecified atom stereocenters. The Balaban J connectivity index is 1.97. The fourth-order valence-corrected chi connectivity index (χ4v) is 3.63. The number of rotatable bonds is 7. The second-order valence-corrected chi connectivity index (χ2v) is 7.16. The number of ether oxygens (including phenoxy) is 1. The van der Waals surface area contributed by atoms with Gasteiger partial charge >= 0.3 is 5.97 Å². The van der Waals surface area contributed by atoms with Crippen molar-refractivity contribution in [1.29, 1.82) is 0 Å². The minimum Gasteiger partial charge on any atom is -0.496 e. The van der Waals surface area contributed by atoms with Crippen molar-refractivity contribution >= 4 is 35.4 Å². The van der Waals surface area contributed by atoms with Gasteiger partial charge in [0.05, 0.1) is 7.11 Å². The van der Waals surface area contributed by atoms with Crippen LogP contribution in [0.3, 0.4) is 0 Å². The van der Waals surface area contributed by atoms with Crippen LogP contribution in [-0.4, -0.2) is 33.0 Å². The van der Waals surface area contributed by atoms with Gasteiger partial charge in [-0.05, 0) is 55.1 Å². The number of thioether (sulfide) groups is 1. The SMILES string of the molecule is CCn1c(S/C(=C\c2ccccc2OC)C(=O)O)nnc1-c1ccc(Cl)cc1. The number of para-hydroxylation sites is 1. The van der Waals surface area contributed by atoms with Gasteiger partial charge < -0.3 is 14.4 Å². The second kappa shape index (κ2) is 8.95. The standard InChI is InChI=1S/C20H18ClN3O3S/c1-3-24-18(13-8-10-15(21)11-9-13)22-23-20(24)28-17(19(25)26)12-14-6-4-5-7-16(14)27-2/h4-12H,3H2,1-2H3,(H,25,26)/b17-12-. The molecule has 1 heterocycles. The number of aromatic nitrogens is 3. The van der Waals surface area contributed by atoms with Crippen molar-refractivity contribution in [3.63, 3.8) is 0 Å². The molecule has 0 bridgehead atoms. The Morgan fingerprint density at radius 2 is 1.93 bits per heavy atom. The molecule has 0 radical (unpaired) electrons. The van der Waals surface area contributed by atoms with E-state index in [0.29, 0.717) is 33.9 Å². The lowest BCUT2D eigenvalue weighted by molar-refractivity contribution is -0.131. The van der Waals surface area contributed by atoms with Gasteiger partial charge in [-0.25, -0.2) is 4.79 Å². The maximum Gasteiger partial charge on any atom is 0.342 e. The molecule has 0 aliphatic heterocycles. The molecule has 0 saturated carbocycles. The van der Waals surface area contributed by atoms with Gasteiger partial charge in [-0.1, -0.05) is 29.8 Å². The van der Waals surface area contributed by atoms with Crippen molar-refractivity contribution in [1.82, 2.24) is 14.8 Å². The van der Waals surface area contributed by atoms with Crippen molar-refractivity contribution in [2.24, 2.45) is 0 Å². The summed E-state index contributed by atoms with van der Waals surface area (Å²) >= 11 is 7.00. The molecule has 6 nitrogen and oxygen atoms in total. The molecule has 2 aromatic carbocycles. The Kier molecular flexibility index (Phi) is 6.38. The van der Waals surface area contributed by atoms with Gasteiger partial charge in [-0.3, -0.25) is 0 Å². The highest BCUT2D eigenvalue weighted by Crippen LogP contribution is 2.32. The van der Waals surface area contributed by atoms with E-state index in [1.54, 1.807) is 37.5 Å². The van der Waals surface area contributed by atoms with Crippen LogP contribution in [0.4, 0.5) is 0 Å². The molecule has 1 aromatic heterocycles. The van der Waals surface area contributed by atoms with E-state index >= 15 is 0 Å². The van der Waals surface area contributed by atoms with Gasteiger partial charge in [0, 0.05) is 22.7 Å². The number of carboxylic acid groups (broad SMARTS) is 1. The van der Waals surface area contributed by atoms with Gasteiger partial charge in [0.25, 0.3) is 0 Å². The van der Waals surface area contributed by atoms with E-state index in [4.69, 9.17) is 16.3 Å². The first-order chi connectivity index (χ1) is 13.5. The summed E-state index contributed by atoms with van der Waals surface area (Å²) in [6.45, 7) is 2.55. The van der Waals surface area contributed by atoms with E-state index in [1.807, 2.05) is 35.8 Å². The Morgan fingerprint density at radius 1 is 1.21 bits per heavy atom. The molecule has 0 aliphatic carbocycles. The van der Waals surface area contributed by atoms with Gasteiger partial charge in [0.2, 0.25) is 0 Å². The second-order valence-electron chi connectivity index (χ2n) is 5.72. The molecule has 3 rings (SSSR count). The Bertz CT molecular complexity index is 1020. The van der Waals surface area contributed by atoms with Crippen LogP contribution in [0.2, 0.25) is 5.02 Å². The van der Waals surface area contributed by atoms with Crippen LogP contribution in [0, 0.1) is 0 Å². The highest BCUT2D eigenvalue weighted by molar-refractivity contribution is 8.04. The van der Waals surface area contributed by atoms with E-state index in [-0.39, 0.29) is 4.91 Å². The first kappa shape index (κ1) is 20.0. The minimum absolute atomic E-state index is 0.120. The zero-order valence-corrected chi connectivity index (χ0v) is 16.9. The Hall–Kier alpha value is -2.77. The Morgan fingerprint density at radius 3 is 2.57 bits per heavy atom. The van der Waals surface area contributed by atoms with Crippen molar-refractivity contribution in [3.05, 3.63) is 64.0 Å². The van der Waals surface area contributed by atoms with E-state index in [9.17, 15) is 9.90 Å². The minimum atomic E-state index is -1.05. The molecule has 144 valence electrons. The maximum absolute atomic E-state index is 11.8. The summed E-state index contributed by atoms with van der Waals surface area (Å²) in [6.07, 6.45) is 1.57. The fraction of sp³-hybridized carbons (Fsp3) is 0.150. The quantitative estimate of drug-likeness (QED) is 0.439. The number of hydrogen-bond donors (Lipinski definition) is 1. The van der Waals surface area contributed by atoms with Crippen molar-refractivity contribution in [2.75, 3.05) is 7.11 Å². The van der Waals surface area contributed by atoms with E-state index in [0.717, 1.165) is 17.3 Å². The monoisotopic (exact) mass is 415 g/mol.